The minimum absolute atomic E-state index is 0.674. The van der Waals surface area contributed by atoms with E-state index in [1.165, 1.54) is 0 Å². The second kappa shape index (κ2) is 3.21. The van der Waals surface area contributed by atoms with E-state index < -0.39 is 29.0 Å². The summed E-state index contributed by atoms with van der Waals surface area (Å²) in [4.78, 5) is 42.2. The molecule has 0 aromatic heterocycles. The first-order valence-corrected chi connectivity index (χ1v) is 3.05. The molecule has 7 nitrogen and oxygen atoms in total. The van der Waals surface area contributed by atoms with Crippen LogP contribution in [0.25, 0.3) is 0 Å². The highest BCUT2D eigenvalue weighted by molar-refractivity contribution is 6.34. The van der Waals surface area contributed by atoms with E-state index in [2.05, 4.69) is 5.73 Å². The summed E-state index contributed by atoms with van der Waals surface area (Å²) in [5, 5.41) is 16.9. The van der Waals surface area contributed by atoms with Crippen molar-refractivity contribution in [2.75, 3.05) is 0 Å². The molecule has 4 N–H and O–H groups in total. The Morgan fingerprint density at radius 3 is 1.38 bits per heavy atom. The number of hydrogen-bond acceptors (Lipinski definition) is 4. The van der Waals surface area contributed by atoms with Gasteiger partial charge in [0.05, 0.1) is 0 Å². The number of amides is 1. The zero-order valence-electron chi connectivity index (χ0n) is 6.60. The van der Waals surface area contributed by atoms with Crippen molar-refractivity contribution in [1.29, 1.82) is 0 Å². The summed E-state index contributed by atoms with van der Waals surface area (Å²) in [5.74, 6) is -7.21. The first-order chi connectivity index (χ1) is 5.77. The molecule has 0 unspecified atom stereocenters. The minimum atomic E-state index is -3.17. The van der Waals surface area contributed by atoms with E-state index in [9.17, 15) is 19.2 Å². The van der Waals surface area contributed by atoms with Gasteiger partial charge in [-0.2, -0.15) is 0 Å². The van der Waals surface area contributed by atoms with Gasteiger partial charge in [0.2, 0.25) is 0 Å². The largest absolute Gasteiger partial charge is 0.480 e. The molecular weight excluding hydrogens is 182 g/mol. The fraction of sp³-hybridized carbons (Fsp3) is 0.333. The van der Waals surface area contributed by atoms with E-state index in [4.69, 9.17) is 10.2 Å². The maximum absolute atomic E-state index is 10.7. The highest BCUT2D eigenvalue weighted by Crippen LogP contribution is 2.18. The van der Waals surface area contributed by atoms with Crippen molar-refractivity contribution >= 4 is 23.6 Å². The fourth-order valence-corrected chi connectivity index (χ4v) is 0.777. The monoisotopic (exact) mass is 189 g/mol. The lowest BCUT2D eigenvalue weighted by Crippen LogP contribution is -2.54. The Kier molecular flexibility index (Phi) is 2.74. The molecule has 0 saturated heterocycles. The normalized spacial score (nSPS) is 10.5. The molecule has 0 aliphatic rings. The van der Waals surface area contributed by atoms with Gasteiger partial charge in [0, 0.05) is 0 Å². The van der Waals surface area contributed by atoms with Crippen LogP contribution in [0.1, 0.15) is 6.92 Å². The molecule has 0 heterocycles. The minimum Gasteiger partial charge on any atom is -0.480 e. The molecule has 0 atom stereocenters. The highest BCUT2D eigenvalue weighted by atomic mass is 16.4. The topological polar surface area (TPSA) is 135 Å². The number of Topliss-reactive ketones (excluding diaryl/α,β-unsaturated/α-hetero) is 1. The van der Waals surface area contributed by atoms with E-state index >= 15 is 0 Å². The summed E-state index contributed by atoms with van der Waals surface area (Å²) in [6.07, 6.45) is 0. The Bertz CT molecular complexity index is 232. The number of carbonyl (C=O) groups excluding carboxylic acids is 2. The zero-order chi connectivity index (χ0) is 10.8. The van der Waals surface area contributed by atoms with Crippen LogP contribution in [-0.2, 0) is 19.2 Å². The number of aliphatic carboxylic acids is 2. The SMILES string of the molecule is CC(=O)C(C(N)=O)(C(=O)O)C(=O)O. The lowest BCUT2D eigenvalue weighted by atomic mass is 9.83. The number of carbonyl (C=O) groups is 4. The average molecular weight is 189 g/mol. The third-order valence-electron chi connectivity index (χ3n) is 1.54. The molecule has 0 aliphatic heterocycles. The third-order valence-corrected chi connectivity index (χ3v) is 1.54. The van der Waals surface area contributed by atoms with E-state index in [-0.39, 0.29) is 0 Å². The predicted octanol–water partition coefficient (Wildman–Crippen LogP) is -1.78. The molecule has 7 heteroatoms. The smallest absolute Gasteiger partial charge is 0.338 e. The molecule has 0 aliphatic carbocycles. The molecule has 0 fully saturated rings. The molecule has 13 heavy (non-hydrogen) atoms. The second-order valence-electron chi connectivity index (χ2n) is 2.28. The number of nitrogens with two attached hydrogens (primary N) is 1. The molecule has 0 saturated carbocycles. The van der Waals surface area contributed by atoms with Gasteiger partial charge in [0.1, 0.15) is 0 Å². The van der Waals surface area contributed by atoms with Crippen molar-refractivity contribution in [2.24, 2.45) is 11.1 Å². The van der Waals surface area contributed by atoms with Crippen LogP contribution in [-0.4, -0.2) is 33.8 Å². The number of rotatable bonds is 4. The van der Waals surface area contributed by atoms with E-state index in [1.54, 1.807) is 0 Å². The standard InChI is InChI=1S/C6H7NO6/c1-2(8)6(3(7)9,4(10)11)5(12)13/h1H3,(H2,7,9)(H,10,11)(H,12,13). The Morgan fingerprint density at radius 2 is 1.38 bits per heavy atom. The van der Waals surface area contributed by atoms with Gasteiger partial charge in [-0.3, -0.25) is 9.59 Å². The average Bonchev–Trinajstić information content (AvgIpc) is 1.82. The summed E-state index contributed by atoms with van der Waals surface area (Å²) in [6, 6.07) is 0. The lowest BCUT2D eigenvalue weighted by Gasteiger charge is -2.16. The van der Waals surface area contributed by atoms with Crippen molar-refractivity contribution in [3.63, 3.8) is 0 Å². The molecular formula is C6H7NO6. The summed E-state index contributed by atoms with van der Waals surface area (Å²) in [5.41, 5.74) is 1.39. The van der Waals surface area contributed by atoms with Crippen LogP contribution < -0.4 is 5.73 Å². The molecule has 0 spiro atoms. The van der Waals surface area contributed by atoms with Gasteiger partial charge in [-0.25, -0.2) is 9.59 Å². The third kappa shape index (κ3) is 1.35. The highest BCUT2D eigenvalue weighted by Gasteiger charge is 2.57. The van der Waals surface area contributed by atoms with Crippen LogP contribution in [0.3, 0.4) is 0 Å². The molecule has 0 bridgehead atoms. The van der Waals surface area contributed by atoms with E-state index in [1.807, 2.05) is 0 Å². The predicted molar refractivity (Wildman–Crippen MR) is 37.6 cm³/mol. The lowest BCUT2D eigenvalue weighted by molar-refractivity contribution is -0.170. The molecule has 0 radical (unpaired) electrons. The molecule has 0 aromatic carbocycles. The molecule has 0 rings (SSSR count). The first kappa shape index (κ1) is 11.1. The van der Waals surface area contributed by atoms with E-state index in [0.29, 0.717) is 6.92 Å². The summed E-state index contributed by atoms with van der Waals surface area (Å²) < 4.78 is 0. The van der Waals surface area contributed by atoms with Crippen molar-refractivity contribution < 1.29 is 29.4 Å². The van der Waals surface area contributed by atoms with Crippen molar-refractivity contribution in [2.45, 2.75) is 6.92 Å². The number of ketones is 1. The van der Waals surface area contributed by atoms with Gasteiger partial charge in [-0.15, -0.1) is 0 Å². The van der Waals surface area contributed by atoms with Crippen molar-refractivity contribution in [3.05, 3.63) is 0 Å². The first-order valence-electron chi connectivity index (χ1n) is 3.05. The summed E-state index contributed by atoms with van der Waals surface area (Å²) in [7, 11) is 0. The molecule has 1 amide bonds. The van der Waals surface area contributed by atoms with Crippen LogP contribution in [0.2, 0.25) is 0 Å². The number of carboxylic acids is 2. The van der Waals surface area contributed by atoms with Crippen LogP contribution in [0, 0.1) is 5.41 Å². The van der Waals surface area contributed by atoms with Gasteiger partial charge < -0.3 is 15.9 Å². The van der Waals surface area contributed by atoms with Gasteiger partial charge in [0.25, 0.3) is 11.3 Å². The van der Waals surface area contributed by atoms with Crippen LogP contribution in [0.4, 0.5) is 0 Å². The maximum Gasteiger partial charge on any atom is 0.338 e. The van der Waals surface area contributed by atoms with E-state index in [0.717, 1.165) is 0 Å². The Balaban J connectivity index is 5.60. The second-order valence-corrected chi connectivity index (χ2v) is 2.28. The van der Waals surface area contributed by atoms with Gasteiger partial charge in [-0.1, -0.05) is 0 Å². The van der Waals surface area contributed by atoms with Gasteiger partial charge in [0.15, 0.2) is 5.78 Å². The Morgan fingerprint density at radius 1 is 1.08 bits per heavy atom. The number of primary amides is 1. The van der Waals surface area contributed by atoms with Crippen LogP contribution in [0.5, 0.6) is 0 Å². The van der Waals surface area contributed by atoms with Crippen molar-refractivity contribution in [3.8, 4) is 0 Å². The van der Waals surface area contributed by atoms with Crippen molar-refractivity contribution in [1.82, 2.24) is 0 Å². The summed E-state index contributed by atoms with van der Waals surface area (Å²) >= 11 is 0. The van der Waals surface area contributed by atoms with Crippen LogP contribution >= 0.6 is 0 Å². The number of hydrogen-bond donors (Lipinski definition) is 3. The van der Waals surface area contributed by atoms with Gasteiger partial charge in [-0.05, 0) is 6.92 Å². The fourth-order valence-electron chi connectivity index (χ4n) is 0.777. The maximum atomic E-state index is 10.7. The Hall–Kier alpha value is -1.92. The molecule has 0 aromatic rings. The number of carboxylic acid groups (broad SMARTS) is 2. The molecule has 72 valence electrons. The summed E-state index contributed by atoms with van der Waals surface area (Å²) in [6.45, 7) is 0.674. The Labute approximate surface area is 72.1 Å². The zero-order valence-corrected chi connectivity index (χ0v) is 6.60. The quantitative estimate of drug-likeness (QED) is 0.447. The van der Waals surface area contributed by atoms with Crippen LogP contribution in [0.15, 0.2) is 0 Å². The van der Waals surface area contributed by atoms with Gasteiger partial charge >= 0.3 is 11.9 Å².